The van der Waals surface area contributed by atoms with Gasteiger partial charge in [0.1, 0.15) is 0 Å². The van der Waals surface area contributed by atoms with Gasteiger partial charge >= 0.3 is 0 Å². The van der Waals surface area contributed by atoms with Crippen LogP contribution >= 0.6 is 0 Å². The van der Waals surface area contributed by atoms with Crippen molar-refractivity contribution in [3.8, 4) is 0 Å². The summed E-state index contributed by atoms with van der Waals surface area (Å²) in [6.07, 6.45) is 2.71. The molecule has 0 spiro atoms. The smallest absolute Gasteiger partial charge is 0.253 e. The molecule has 1 saturated carbocycles. The highest BCUT2D eigenvalue weighted by molar-refractivity contribution is 6.04. The third-order valence-corrected chi connectivity index (χ3v) is 3.91. The largest absolute Gasteiger partial charge is 0.350 e. The van der Waals surface area contributed by atoms with Gasteiger partial charge in [-0.15, -0.1) is 0 Å². The number of nitrogens with two attached hydrogens (primary N) is 1. The SMILES string of the molecule is CCC(=O)N(C)c1ccccc1C(=O)NCC(N)C1CC1. The van der Waals surface area contributed by atoms with Crippen LogP contribution in [0.2, 0.25) is 0 Å². The summed E-state index contributed by atoms with van der Waals surface area (Å²) in [5.41, 5.74) is 7.12. The second-order valence-electron chi connectivity index (χ2n) is 5.53. The molecule has 1 aromatic carbocycles. The monoisotopic (exact) mass is 289 g/mol. The maximum absolute atomic E-state index is 12.3. The maximum Gasteiger partial charge on any atom is 0.253 e. The van der Waals surface area contributed by atoms with E-state index in [0.717, 1.165) is 12.8 Å². The van der Waals surface area contributed by atoms with Crippen molar-refractivity contribution in [2.75, 3.05) is 18.5 Å². The van der Waals surface area contributed by atoms with Gasteiger partial charge in [0.2, 0.25) is 5.91 Å². The quantitative estimate of drug-likeness (QED) is 0.834. The van der Waals surface area contributed by atoms with Crippen LogP contribution in [0.25, 0.3) is 0 Å². The molecule has 1 atom stereocenters. The number of benzene rings is 1. The molecule has 1 unspecified atom stereocenters. The highest BCUT2D eigenvalue weighted by Crippen LogP contribution is 2.31. The Bertz CT molecular complexity index is 526. The fraction of sp³-hybridized carbons (Fsp3) is 0.500. The number of nitrogens with zero attached hydrogens (tertiary/aromatic N) is 1. The molecule has 114 valence electrons. The van der Waals surface area contributed by atoms with E-state index in [1.54, 1.807) is 32.2 Å². The van der Waals surface area contributed by atoms with E-state index in [0.29, 0.717) is 30.1 Å². The third-order valence-electron chi connectivity index (χ3n) is 3.91. The molecule has 0 radical (unpaired) electrons. The molecule has 21 heavy (non-hydrogen) atoms. The van der Waals surface area contributed by atoms with Gasteiger partial charge in [-0.3, -0.25) is 9.59 Å². The first-order valence-electron chi connectivity index (χ1n) is 7.44. The van der Waals surface area contributed by atoms with Crippen LogP contribution in [-0.4, -0.2) is 31.4 Å². The topological polar surface area (TPSA) is 75.4 Å². The molecule has 1 aromatic rings. The Morgan fingerprint density at radius 1 is 1.38 bits per heavy atom. The number of para-hydroxylation sites is 1. The van der Waals surface area contributed by atoms with Crippen molar-refractivity contribution < 1.29 is 9.59 Å². The number of anilines is 1. The van der Waals surface area contributed by atoms with E-state index in [1.807, 2.05) is 6.07 Å². The van der Waals surface area contributed by atoms with Crippen LogP contribution < -0.4 is 16.0 Å². The lowest BCUT2D eigenvalue weighted by atomic mass is 10.1. The van der Waals surface area contributed by atoms with Crippen LogP contribution in [0, 0.1) is 5.92 Å². The number of hydrogen-bond donors (Lipinski definition) is 2. The predicted octanol–water partition coefficient (Wildman–Crippen LogP) is 1.53. The van der Waals surface area contributed by atoms with E-state index in [-0.39, 0.29) is 17.9 Å². The van der Waals surface area contributed by atoms with Crippen LogP contribution in [0.1, 0.15) is 36.5 Å². The van der Waals surface area contributed by atoms with Crippen LogP contribution in [0.15, 0.2) is 24.3 Å². The summed E-state index contributed by atoms with van der Waals surface area (Å²) in [5, 5.41) is 2.87. The summed E-state index contributed by atoms with van der Waals surface area (Å²) in [5.74, 6) is 0.340. The van der Waals surface area contributed by atoms with Gasteiger partial charge < -0.3 is 16.0 Å². The van der Waals surface area contributed by atoms with Crippen molar-refractivity contribution >= 4 is 17.5 Å². The second kappa shape index (κ2) is 6.72. The molecule has 0 saturated heterocycles. The van der Waals surface area contributed by atoms with Crippen molar-refractivity contribution in [1.82, 2.24) is 5.32 Å². The lowest BCUT2D eigenvalue weighted by molar-refractivity contribution is -0.118. The molecule has 2 rings (SSSR count). The number of carbonyl (C=O) groups excluding carboxylic acids is 2. The zero-order valence-electron chi connectivity index (χ0n) is 12.6. The van der Waals surface area contributed by atoms with Crippen molar-refractivity contribution in [1.29, 1.82) is 0 Å². The van der Waals surface area contributed by atoms with Crippen LogP contribution in [-0.2, 0) is 4.79 Å². The van der Waals surface area contributed by atoms with Crippen molar-refractivity contribution in [2.24, 2.45) is 11.7 Å². The number of hydrogen-bond acceptors (Lipinski definition) is 3. The van der Waals surface area contributed by atoms with Crippen LogP contribution in [0.4, 0.5) is 5.69 Å². The minimum atomic E-state index is -0.183. The lowest BCUT2D eigenvalue weighted by Gasteiger charge is -2.20. The minimum Gasteiger partial charge on any atom is -0.350 e. The standard InChI is InChI=1S/C16H23N3O2/c1-3-15(20)19(2)14-7-5-4-6-12(14)16(21)18-10-13(17)11-8-9-11/h4-7,11,13H,3,8-10,17H2,1-2H3,(H,18,21). The molecule has 2 amide bonds. The maximum atomic E-state index is 12.3. The molecule has 5 heteroatoms. The average Bonchev–Trinajstić information content (AvgIpc) is 3.35. The van der Waals surface area contributed by atoms with E-state index in [4.69, 9.17) is 5.73 Å². The zero-order chi connectivity index (χ0) is 15.4. The molecule has 5 nitrogen and oxygen atoms in total. The van der Waals surface area contributed by atoms with Crippen LogP contribution in [0.3, 0.4) is 0 Å². The number of amides is 2. The Morgan fingerprint density at radius 2 is 2.05 bits per heavy atom. The first-order chi connectivity index (χ1) is 10.0. The molecular weight excluding hydrogens is 266 g/mol. The molecule has 0 heterocycles. The average molecular weight is 289 g/mol. The molecule has 0 aliphatic heterocycles. The highest BCUT2D eigenvalue weighted by atomic mass is 16.2. The summed E-state index contributed by atoms with van der Waals surface area (Å²) in [6, 6.07) is 7.15. The zero-order valence-corrected chi connectivity index (χ0v) is 12.6. The van der Waals surface area contributed by atoms with Gasteiger partial charge in [0, 0.05) is 26.1 Å². The lowest BCUT2D eigenvalue weighted by Crippen LogP contribution is -2.39. The second-order valence-corrected chi connectivity index (χ2v) is 5.53. The normalized spacial score (nSPS) is 15.4. The third kappa shape index (κ3) is 3.82. The van der Waals surface area contributed by atoms with Gasteiger partial charge in [-0.05, 0) is 30.9 Å². The van der Waals surface area contributed by atoms with E-state index in [1.165, 1.54) is 4.90 Å². The first kappa shape index (κ1) is 15.5. The Labute approximate surface area is 125 Å². The van der Waals surface area contributed by atoms with Gasteiger partial charge in [-0.2, -0.15) is 0 Å². The molecule has 1 aliphatic rings. The summed E-state index contributed by atoms with van der Waals surface area (Å²) in [4.78, 5) is 25.7. The van der Waals surface area contributed by atoms with Crippen LogP contribution in [0.5, 0.6) is 0 Å². The van der Waals surface area contributed by atoms with E-state index in [9.17, 15) is 9.59 Å². The molecule has 3 N–H and O–H groups in total. The number of rotatable bonds is 6. The highest BCUT2D eigenvalue weighted by Gasteiger charge is 2.28. The van der Waals surface area contributed by atoms with Crippen molar-refractivity contribution in [3.63, 3.8) is 0 Å². The minimum absolute atomic E-state index is 0.0232. The van der Waals surface area contributed by atoms with Gasteiger partial charge in [0.15, 0.2) is 0 Å². The van der Waals surface area contributed by atoms with E-state index in [2.05, 4.69) is 5.32 Å². The number of carbonyl (C=O) groups is 2. The van der Waals surface area contributed by atoms with E-state index >= 15 is 0 Å². The summed E-state index contributed by atoms with van der Waals surface area (Å²) in [7, 11) is 1.69. The molecule has 1 fully saturated rings. The van der Waals surface area contributed by atoms with E-state index < -0.39 is 0 Å². The molecule has 0 bridgehead atoms. The van der Waals surface area contributed by atoms with Crippen molar-refractivity contribution in [3.05, 3.63) is 29.8 Å². The van der Waals surface area contributed by atoms with Gasteiger partial charge in [0.25, 0.3) is 5.91 Å². The Balaban J connectivity index is 2.07. The Hall–Kier alpha value is -1.88. The molecular formula is C16H23N3O2. The molecule has 1 aliphatic carbocycles. The summed E-state index contributed by atoms with van der Waals surface area (Å²) >= 11 is 0. The summed E-state index contributed by atoms with van der Waals surface area (Å²) < 4.78 is 0. The Kier molecular flexibility index (Phi) is 4.96. The van der Waals surface area contributed by atoms with Crippen molar-refractivity contribution in [2.45, 2.75) is 32.2 Å². The van der Waals surface area contributed by atoms with Gasteiger partial charge in [-0.1, -0.05) is 19.1 Å². The predicted molar refractivity (Wildman–Crippen MR) is 83.2 cm³/mol. The Morgan fingerprint density at radius 3 is 2.67 bits per heavy atom. The first-order valence-corrected chi connectivity index (χ1v) is 7.44. The van der Waals surface area contributed by atoms with Gasteiger partial charge in [-0.25, -0.2) is 0 Å². The fourth-order valence-electron chi connectivity index (χ4n) is 2.33. The number of nitrogens with one attached hydrogen (secondary N) is 1. The fourth-order valence-corrected chi connectivity index (χ4v) is 2.33. The summed E-state index contributed by atoms with van der Waals surface area (Å²) in [6.45, 7) is 2.28. The molecule has 0 aromatic heterocycles. The van der Waals surface area contributed by atoms with Gasteiger partial charge in [0.05, 0.1) is 11.3 Å².